The Bertz CT molecular complexity index is 1050. The molecule has 33 heavy (non-hydrogen) atoms. The molecule has 174 valence electrons. The van der Waals surface area contributed by atoms with E-state index in [0.717, 1.165) is 0 Å². The van der Waals surface area contributed by atoms with Crippen LogP contribution >= 0.6 is 0 Å². The third kappa shape index (κ3) is 4.48. The summed E-state index contributed by atoms with van der Waals surface area (Å²) in [6, 6.07) is 7.75. The predicted octanol–water partition coefficient (Wildman–Crippen LogP) is 1.70. The second-order valence-electron chi connectivity index (χ2n) is 8.99. The van der Waals surface area contributed by atoms with Crippen LogP contribution < -0.4 is 11.1 Å². The average molecular weight is 453 g/mol. The molecule has 3 heterocycles. The van der Waals surface area contributed by atoms with Crippen LogP contribution in [0.25, 0.3) is 0 Å². The molecular weight excluding hydrogens is 424 g/mol. The van der Waals surface area contributed by atoms with Gasteiger partial charge in [-0.15, -0.1) is 0 Å². The van der Waals surface area contributed by atoms with Gasteiger partial charge in [-0.3, -0.25) is 19.2 Å². The molecular formula is C24H28N4O5. The highest BCUT2D eigenvalue weighted by Gasteiger charge is 2.52. The van der Waals surface area contributed by atoms with Crippen molar-refractivity contribution in [2.75, 3.05) is 18.8 Å². The number of nitrogens with two attached hydrogens (primary N) is 1. The maximum Gasteiger partial charge on any atom is 0.290 e. The number of fused-ring (bicyclic) bond motifs is 1. The van der Waals surface area contributed by atoms with Crippen LogP contribution in [0.5, 0.6) is 0 Å². The van der Waals surface area contributed by atoms with Crippen LogP contribution in [0.1, 0.15) is 47.6 Å². The number of Topliss-reactive ketones (excluding diaryl/α,β-unsaturated/α-hetero) is 1. The van der Waals surface area contributed by atoms with Gasteiger partial charge in [0, 0.05) is 17.8 Å². The molecule has 2 aromatic rings. The second kappa shape index (κ2) is 9.09. The first kappa shape index (κ1) is 22.6. The van der Waals surface area contributed by atoms with Crippen molar-refractivity contribution in [2.24, 2.45) is 5.92 Å². The lowest BCUT2D eigenvalue weighted by molar-refractivity contribution is -0.138. The maximum atomic E-state index is 13.5. The number of amides is 3. The molecule has 3 atom stereocenters. The fraction of sp³-hybridized carbons (Fsp3) is 0.417. The van der Waals surface area contributed by atoms with E-state index in [0.29, 0.717) is 30.6 Å². The number of nitrogens with zero attached hydrogens (tertiary/aromatic N) is 2. The zero-order valence-electron chi connectivity index (χ0n) is 18.7. The molecule has 0 aliphatic carbocycles. The molecule has 0 radical (unpaired) electrons. The van der Waals surface area contributed by atoms with Crippen molar-refractivity contribution in [2.45, 2.75) is 44.8 Å². The number of ketones is 1. The summed E-state index contributed by atoms with van der Waals surface area (Å²) in [6.45, 7) is 4.21. The Morgan fingerprint density at radius 2 is 1.88 bits per heavy atom. The number of hydrogen-bond acceptors (Lipinski definition) is 6. The summed E-state index contributed by atoms with van der Waals surface area (Å²) in [6.07, 6.45) is 2.33. The van der Waals surface area contributed by atoms with Crippen molar-refractivity contribution >= 4 is 29.2 Å². The van der Waals surface area contributed by atoms with Gasteiger partial charge in [-0.05, 0) is 55.2 Å². The van der Waals surface area contributed by atoms with E-state index in [1.165, 1.54) is 16.1 Å². The van der Waals surface area contributed by atoms with Crippen molar-refractivity contribution in [3.05, 3.63) is 54.0 Å². The molecule has 1 aromatic heterocycles. The van der Waals surface area contributed by atoms with Crippen LogP contribution in [-0.2, 0) is 9.59 Å². The van der Waals surface area contributed by atoms with Crippen LogP contribution in [0.3, 0.4) is 0 Å². The number of carbonyl (C=O) groups is 4. The van der Waals surface area contributed by atoms with Gasteiger partial charge >= 0.3 is 0 Å². The SMILES string of the molecule is CC(C)CC(NC(=O)c1ccc(N)cc1)C(=O)N1CCC2C1C(=O)CN2C(=O)c1ccco1. The zero-order valence-corrected chi connectivity index (χ0v) is 18.7. The minimum atomic E-state index is -0.781. The number of furan rings is 1. The van der Waals surface area contributed by atoms with E-state index < -0.39 is 18.1 Å². The molecule has 3 unspecified atom stereocenters. The quantitative estimate of drug-likeness (QED) is 0.643. The fourth-order valence-corrected chi connectivity index (χ4v) is 4.65. The Morgan fingerprint density at radius 1 is 1.15 bits per heavy atom. The molecule has 2 fully saturated rings. The smallest absolute Gasteiger partial charge is 0.290 e. The Balaban J connectivity index is 1.51. The van der Waals surface area contributed by atoms with Crippen LogP contribution in [-0.4, -0.2) is 64.5 Å². The molecule has 4 rings (SSSR count). The molecule has 0 bridgehead atoms. The normalized spacial score (nSPS) is 20.8. The van der Waals surface area contributed by atoms with Gasteiger partial charge in [-0.2, -0.15) is 0 Å². The molecule has 9 heteroatoms. The van der Waals surface area contributed by atoms with Crippen LogP contribution in [0.2, 0.25) is 0 Å². The molecule has 9 nitrogen and oxygen atoms in total. The lowest BCUT2D eigenvalue weighted by atomic mass is 10.0. The van der Waals surface area contributed by atoms with E-state index in [-0.39, 0.29) is 41.7 Å². The Labute approximate surface area is 191 Å². The molecule has 2 aliphatic heterocycles. The van der Waals surface area contributed by atoms with Crippen molar-refractivity contribution in [1.82, 2.24) is 15.1 Å². The van der Waals surface area contributed by atoms with E-state index in [4.69, 9.17) is 10.2 Å². The fourth-order valence-electron chi connectivity index (χ4n) is 4.65. The summed E-state index contributed by atoms with van der Waals surface area (Å²) in [5, 5.41) is 2.83. The summed E-state index contributed by atoms with van der Waals surface area (Å²) >= 11 is 0. The van der Waals surface area contributed by atoms with Gasteiger partial charge in [0.05, 0.1) is 18.8 Å². The number of likely N-dealkylation sites (tertiary alicyclic amines) is 2. The standard InChI is InChI=1S/C24H28N4O5/c1-14(2)12-17(26-22(30)15-5-7-16(25)8-6-15)23(31)27-10-9-18-21(27)19(29)13-28(18)24(32)20-4-3-11-33-20/h3-8,11,14,17-18,21H,9-10,12-13,25H2,1-2H3,(H,26,30). The summed E-state index contributed by atoms with van der Waals surface area (Å²) in [5.74, 6) is -0.913. The Morgan fingerprint density at radius 3 is 2.52 bits per heavy atom. The van der Waals surface area contributed by atoms with E-state index in [9.17, 15) is 19.2 Å². The van der Waals surface area contributed by atoms with E-state index in [1.807, 2.05) is 13.8 Å². The van der Waals surface area contributed by atoms with Gasteiger partial charge in [0.15, 0.2) is 11.5 Å². The predicted molar refractivity (Wildman–Crippen MR) is 120 cm³/mol. The van der Waals surface area contributed by atoms with Gasteiger partial charge in [-0.1, -0.05) is 13.8 Å². The van der Waals surface area contributed by atoms with Crippen LogP contribution in [0, 0.1) is 5.92 Å². The maximum absolute atomic E-state index is 13.5. The summed E-state index contributed by atoms with van der Waals surface area (Å²) in [4.78, 5) is 55.0. The molecule has 2 aliphatic rings. The molecule has 3 N–H and O–H groups in total. The third-order valence-corrected chi connectivity index (χ3v) is 6.18. The van der Waals surface area contributed by atoms with Crippen LogP contribution in [0.15, 0.2) is 47.1 Å². The average Bonchev–Trinajstić information content (AvgIpc) is 3.51. The van der Waals surface area contributed by atoms with E-state index in [1.54, 1.807) is 36.4 Å². The first-order valence-electron chi connectivity index (χ1n) is 11.1. The summed E-state index contributed by atoms with van der Waals surface area (Å²) < 4.78 is 5.20. The van der Waals surface area contributed by atoms with Crippen molar-refractivity contribution in [3.63, 3.8) is 0 Å². The van der Waals surface area contributed by atoms with E-state index >= 15 is 0 Å². The highest BCUT2D eigenvalue weighted by atomic mass is 16.3. The number of hydrogen-bond donors (Lipinski definition) is 2. The van der Waals surface area contributed by atoms with Crippen molar-refractivity contribution < 1.29 is 23.6 Å². The largest absolute Gasteiger partial charge is 0.459 e. The Hall–Kier alpha value is -3.62. The first-order valence-corrected chi connectivity index (χ1v) is 11.1. The van der Waals surface area contributed by atoms with Crippen LogP contribution in [0.4, 0.5) is 5.69 Å². The number of nitrogen functional groups attached to an aromatic ring is 1. The zero-order chi connectivity index (χ0) is 23.7. The number of anilines is 1. The second-order valence-corrected chi connectivity index (χ2v) is 8.99. The van der Waals surface area contributed by atoms with Gasteiger partial charge in [-0.25, -0.2) is 0 Å². The molecule has 3 amide bonds. The highest BCUT2D eigenvalue weighted by molar-refractivity contribution is 6.02. The molecule has 0 spiro atoms. The minimum Gasteiger partial charge on any atom is -0.459 e. The van der Waals surface area contributed by atoms with Gasteiger partial charge in [0.25, 0.3) is 11.8 Å². The number of carbonyl (C=O) groups excluding carboxylic acids is 4. The van der Waals surface area contributed by atoms with Crippen molar-refractivity contribution in [1.29, 1.82) is 0 Å². The highest BCUT2D eigenvalue weighted by Crippen LogP contribution is 2.32. The van der Waals surface area contributed by atoms with Crippen molar-refractivity contribution in [3.8, 4) is 0 Å². The minimum absolute atomic E-state index is 0.0642. The lowest BCUT2D eigenvalue weighted by Gasteiger charge is -2.29. The topological polar surface area (TPSA) is 126 Å². The molecule has 1 aromatic carbocycles. The van der Waals surface area contributed by atoms with E-state index in [2.05, 4.69) is 5.32 Å². The third-order valence-electron chi connectivity index (χ3n) is 6.18. The van der Waals surface area contributed by atoms with Gasteiger partial charge < -0.3 is 25.3 Å². The first-order chi connectivity index (χ1) is 15.8. The summed E-state index contributed by atoms with van der Waals surface area (Å²) in [5.41, 5.74) is 6.63. The summed E-state index contributed by atoms with van der Waals surface area (Å²) in [7, 11) is 0. The molecule has 0 saturated carbocycles. The monoisotopic (exact) mass is 452 g/mol. The van der Waals surface area contributed by atoms with Gasteiger partial charge in [0.1, 0.15) is 12.1 Å². The number of nitrogens with one attached hydrogen (secondary N) is 1. The molecule has 2 saturated heterocycles. The Kier molecular flexibility index (Phi) is 6.22. The van der Waals surface area contributed by atoms with Gasteiger partial charge in [0.2, 0.25) is 5.91 Å². The lowest BCUT2D eigenvalue weighted by Crippen LogP contribution is -2.53. The number of benzene rings is 1. The number of rotatable bonds is 6.